The molecule has 1 aromatic carbocycles. The van der Waals surface area contributed by atoms with Crippen molar-refractivity contribution in [3.05, 3.63) is 53.9 Å². The van der Waals surface area contributed by atoms with Crippen LogP contribution in [0.4, 0.5) is 11.6 Å². The van der Waals surface area contributed by atoms with E-state index in [1.54, 1.807) is 24.3 Å². The minimum atomic E-state index is -0.0958. The maximum absolute atomic E-state index is 13.2. The zero-order valence-electron chi connectivity index (χ0n) is 22.2. The number of aromatic nitrogens is 3. The number of hydrogen-bond acceptors (Lipinski definition) is 10. The van der Waals surface area contributed by atoms with Gasteiger partial charge in [-0.05, 0) is 18.2 Å². The molecule has 3 fully saturated rings. The third-order valence-electron chi connectivity index (χ3n) is 7.61. The Balaban J connectivity index is 1.20. The van der Waals surface area contributed by atoms with E-state index in [0.29, 0.717) is 91.1 Å². The molecule has 0 radical (unpaired) electrons. The van der Waals surface area contributed by atoms with Gasteiger partial charge < -0.3 is 29.2 Å². The molecule has 11 heteroatoms. The van der Waals surface area contributed by atoms with Crippen LogP contribution in [0.2, 0.25) is 0 Å². The number of carbonyl (C=O) groups excluding carboxylic acids is 1. The molecule has 3 aliphatic heterocycles. The van der Waals surface area contributed by atoms with Crippen molar-refractivity contribution in [2.75, 3.05) is 51.9 Å². The van der Waals surface area contributed by atoms with E-state index in [1.165, 1.54) is 13.4 Å². The first-order valence-electron chi connectivity index (χ1n) is 13.4. The van der Waals surface area contributed by atoms with E-state index in [1.807, 2.05) is 17.0 Å². The fraction of sp³-hybridized carbons (Fsp3) is 0.414. The molecule has 2 aromatic heterocycles. The predicted molar refractivity (Wildman–Crippen MR) is 144 cm³/mol. The second kappa shape index (κ2) is 11.5. The van der Waals surface area contributed by atoms with Gasteiger partial charge in [-0.3, -0.25) is 4.79 Å². The summed E-state index contributed by atoms with van der Waals surface area (Å²) in [5.41, 5.74) is 2.04. The van der Waals surface area contributed by atoms with Gasteiger partial charge in [0.25, 0.3) is 5.91 Å². The molecule has 5 heterocycles. The SMILES string of the molecule is COc1nc(Nc2cc(-c3cccc(OC4CCOCC4)c3C#N)ncn2)ccc1C(=O)N1CC2COCC2C1. The first-order chi connectivity index (χ1) is 19.6. The van der Waals surface area contributed by atoms with Crippen molar-refractivity contribution in [2.24, 2.45) is 11.8 Å². The number of pyridine rings is 1. The summed E-state index contributed by atoms with van der Waals surface area (Å²) in [4.78, 5) is 28.3. The molecule has 0 spiro atoms. The van der Waals surface area contributed by atoms with Gasteiger partial charge in [-0.25, -0.2) is 9.97 Å². The second-order valence-electron chi connectivity index (χ2n) is 10.2. The Labute approximate surface area is 232 Å². The van der Waals surface area contributed by atoms with Crippen LogP contribution in [-0.4, -0.2) is 78.5 Å². The summed E-state index contributed by atoms with van der Waals surface area (Å²) >= 11 is 0. The molecule has 0 saturated carbocycles. The van der Waals surface area contributed by atoms with Crippen LogP contribution in [0, 0.1) is 23.2 Å². The molecule has 40 heavy (non-hydrogen) atoms. The molecule has 3 aromatic rings. The largest absolute Gasteiger partial charge is 0.489 e. The van der Waals surface area contributed by atoms with Gasteiger partial charge in [-0.1, -0.05) is 12.1 Å². The summed E-state index contributed by atoms with van der Waals surface area (Å²) in [6, 6.07) is 13.0. The molecule has 206 valence electrons. The second-order valence-corrected chi connectivity index (χ2v) is 10.2. The Bertz CT molecular complexity index is 1420. The Morgan fingerprint density at radius 3 is 2.62 bits per heavy atom. The lowest BCUT2D eigenvalue weighted by Gasteiger charge is -2.24. The van der Waals surface area contributed by atoms with Gasteiger partial charge in [0.1, 0.15) is 47.0 Å². The van der Waals surface area contributed by atoms with Crippen LogP contribution in [-0.2, 0) is 9.47 Å². The predicted octanol–water partition coefficient (Wildman–Crippen LogP) is 3.44. The lowest BCUT2D eigenvalue weighted by molar-refractivity contribution is 0.0255. The molecule has 0 bridgehead atoms. The molecular weight excluding hydrogens is 512 g/mol. The number of anilines is 2. The molecule has 2 unspecified atom stereocenters. The molecular formula is C29H30N6O5. The zero-order valence-corrected chi connectivity index (χ0v) is 22.2. The Hall–Kier alpha value is -4.27. The normalized spacial score (nSPS) is 20.6. The number of ether oxygens (including phenoxy) is 4. The van der Waals surface area contributed by atoms with E-state index < -0.39 is 0 Å². The third-order valence-corrected chi connectivity index (χ3v) is 7.61. The number of benzene rings is 1. The Kier molecular flexibility index (Phi) is 7.44. The van der Waals surface area contributed by atoms with Gasteiger partial charge in [0.05, 0.1) is 39.2 Å². The van der Waals surface area contributed by atoms with E-state index >= 15 is 0 Å². The maximum Gasteiger partial charge on any atom is 0.259 e. The van der Waals surface area contributed by atoms with Crippen molar-refractivity contribution in [3.8, 4) is 29.0 Å². The zero-order chi connectivity index (χ0) is 27.5. The van der Waals surface area contributed by atoms with E-state index in [2.05, 4.69) is 26.3 Å². The highest BCUT2D eigenvalue weighted by Crippen LogP contribution is 2.33. The summed E-state index contributed by atoms with van der Waals surface area (Å²) in [6.45, 7) is 4.07. The number of hydrogen-bond donors (Lipinski definition) is 1. The molecule has 0 aliphatic carbocycles. The topological polar surface area (TPSA) is 132 Å². The van der Waals surface area contributed by atoms with Gasteiger partial charge >= 0.3 is 0 Å². The van der Waals surface area contributed by atoms with E-state index in [-0.39, 0.29) is 17.9 Å². The highest BCUT2D eigenvalue weighted by Gasteiger charge is 2.39. The molecule has 1 amide bonds. The number of likely N-dealkylation sites (tertiary alicyclic amines) is 1. The van der Waals surface area contributed by atoms with Crippen molar-refractivity contribution in [1.29, 1.82) is 5.26 Å². The molecule has 3 saturated heterocycles. The van der Waals surface area contributed by atoms with Crippen LogP contribution in [0.3, 0.4) is 0 Å². The van der Waals surface area contributed by atoms with Crippen molar-refractivity contribution in [1.82, 2.24) is 19.9 Å². The van der Waals surface area contributed by atoms with Gasteiger partial charge in [0.2, 0.25) is 5.88 Å². The minimum absolute atomic E-state index is 0.00811. The fourth-order valence-corrected chi connectivity index (χ4v) is 5.49. The Morgan fingerprint density at radius 2 is 1.88 bits per heavy atom. The molecule has 1 N–H and O–H groups in total. The number of carbonyl (C=O) groups is 1. The average Bonchev–Trinajstić information content (AvgIpc) is 3.60. The van der Waals surface area contributed by atoms with Gasteiger partial charge in [-0.15, -0.1) is 0 Å². The number of methoxy groups -OCH3 is 1. The summed E-state index contributed by atoms with van der Waals surface area (Å²) in [5.74, 6) is 2.40. The summed E-state index contributed by atoms with van der Waals surface area (Å²) < 4.78 is 22.6. The molecule has 11 nitrogen and oxygen atoms in total. The highest BCUT2D eigenvalue weighted by molar-refractivity contribution is 5.97. The monoisotopic (exact) mass is 542 g/mol. The number of nitriles is 1. The van der Waals surface area contributed by atoms with Crippen LogP contribution in [0.5, 0.6) is 11.6 Å². The molecule has 2 atom stereocenters. The average molecular weight is 543 g/mol. The fourth-order valence-electron chi connectivity index (χ4n) is 5.49. The number of nitrogens with zero attached hydrogens (tertiary/aromatic N) is 5. The van der Waals surface area contributed by atoms with Crippen molar-refractivity contribution >= 4 is 17.5 Å². The summed E-state index contributed by atoms with van der Waals surface area (Å²) in [5, 5.41) is 13.1. The number of rotatable bonds is 7. The minimum Gasteiger partial charge on any atom is -0.489 e. The van der Waals surface area contributed by atoms with Crippen LogP contribution in [0.15, 0.2) is 42.7 Å². The lowest BCUT2D eigenvalue weighted by atomic mass is 10.0. The van der Waals surface area contributed by atoms with Crippen LogP contribution in [0.25, 0.3) is 11.3 Å². The van der Waals surface area contributed by atoms with Crippen molar-refractivity contribution in [3.63, 3.8) is 0 Å². The summed E-state index contributed by atoms with van der Waals surface area (Å²) in [6.07, 6.45) is 3.00. The quantitative estimate of drug-likeness (QED) is 0.474. The standard InChI is InChI=1S/C29H30N6O5/c1-37-28-22(29(36)35-13-18-15-39-16-19(18)14-35)5-6-26(34-28)33-27-11-24(31-17-32-27)21-3-2-4-25(23(21)12-30)40-20-7-9-38-10-8-20/h2-6,11,17-20H,7-10,13-16H2,1H3,(H,31,32,33,34). The van der Waals surface area contributed by atoms with Gasteiger partial charge in [0, 0.05) is 49.4 Å². The first kappa shape index (κ1) is 26.0. The number of amides is 1. The van der Waals surface area contributed by atoms with Crippen LogP contribution < -0.4 is 14.8 Å². The highest BCUT2D eigenvalue weighted by atomic mass is 16.5. The smallest absolute Gasteiger partial charge is 0.259 e. The number of fused-ring (bicyclic) bond motifs is 1. The third kappa shape index (κ3) is 5.28. The molecule has 3 aliphatic rings. The van der Waals surface area contributed by atoms with Gasteiger partial charge in [0.15, 0.2) is 0 Å². The Morgan fingerprint density at radius 1 is 1.07 bits per heavy atom. The first-order valence-corrected chi connectivity index (χ1v) is 13.4. The van der Waals surface area contributed by atoms with E-state index in [9.17, 15) is 10.1 Å². The van der Waals surface area contributed by atoms with Crippen molar-refractivity contribution < 1.29 is 23.7 Å². The van der Waals surface area contributed by atoms with E-state index in [0.717, 1.165) is 12.8 Å². The molecule has 6 rings (SSSR count). The van der Waals surface area contributed by atoms with E-state index in [4.69, 9.17) is 18.9 Å². The maximum atomic E-state index is 13.2. The van der Waals surface area contributed by atoms with Crippen LogP contribution >= 0.6 is 0 Å². The van der Waals surface area contributed by atoms with Gasteiger partial charge in [-0.2, -0.15) is 10.2 Å². The lowest BCUT2D eigenvalue weighted by Crippen LogP contribution is -2.30. The van der Waals surface area contributed by atoms with Crippen molar-refractivity contribution in [2.45, 2.75) is 18.9 Å². The summed E-state index contributed by atoms with van der Waals surface area (Å²) in [7, 11) is 1.50. The number of nitrogens with one attached hydrogen (secondary N) is 1. The van der Waals surface area contributed by atoms with Crippen LogP contribution in [0.1, 0.15) is 28.8 Å².